The van der Waals surface area contributed by atoms with Gasteiger partial charge in [-0.15, -0.1) is 6.58 Å². The molecule has 0 amide bonds. The Morgan fingerprint density at radius 3 is 3.07 bits per heavy atom. The summed E-state index contributed by atoms with van der Waals surface area (Å²) >= 11 is 0. The smallest absolute Gasteiger partial charge is 0.192 e. The van der Waals surface area contributed by atoms with Crippen molar-refractivity contribution in [3.63, 3.8) is 0 Å². The number of hydrogen-bond donors (Lipinski definition) is 1. The van der Waals surface area contributed by atoms with Crippen LogP contribution in [0.2, 0.25) is 0 Å². The van der Waals surface area contributed by atoms with Crippen molar-refractivity contribution in [3.05, 3.63) is 12.7 Å². The molecule has 2 N–H and O–H groups in total. The van der Waals surface area contributed by atoms with Crippen molar-refractivity contribution < 1.29 is 4.74 Å². The molecule has 2 aliphatic rings. The Morgan fingerprint density at radius 1 is 1.79 bits per heavy atom. The Balaban J connectivity index is 2.04. The molecule has 1 fully saturated rings. The Kier molecular flexibility index (Phi) is 2.23. The number of ether oxygens (including phenoxy) is 1. The van der Waals surface area contributed by atoms with Crippen LogP contribution >= 0.6 is 0 Å². The fraction of sp³-hybridized carbons (Fsp3) is 0.700. The molecule has 4 nitrogen and oxygen atoms in total. The lowest BCUT2D eigenvalue weighted by Gasteiger charge is -2.49. The number of aliphatic imine (C=N–C) groups is 1. The first-order valence-electron chi connectivity index (χ1n) is 4.93. The second-order valence-corrected chi connectivity index (χ2v) is 4.06. The SMILES string of the molecule is C=CCN1C(N)=NCC12CC(OC)C2. The fourth-order valence-electron chi connectivity index (χ4n) is 2.36. The highest BCUT2D eigenvalue weighted by atomic mass is 16.5. The molecule has 4 heteroatoms. The largest absolute Gasteiger partial charge is 0.381 e. The molecule has 0 aromatic rings. The molecule has 0 unspecified atom stereocenters. The topological polar surface area (TPSA) is 50.8 Å². The van der Waals surface area contributed by atoms with Gasteiger partial charge in [-0.3, -0.25) is 4.99 Å². The standard InChI is InChI=1S/C10H17N3O/c1-3-4-13-9(11)12-7-10(13)5-8(6-10)14-2/h3,8H,1,4-7H2,2H3,(H2,11,12). The second kappa shape index (κ2) is 3.28. The quantitative estimate of drug-likeness (QED) is 0.661. The molecular weight excluding hydrogens is 178 g/mol. The second-order valence-electron chi connectivity index (χ2n) is 4.06. The third-order valence-corrected chi connectivity index (χ3v) is 3.24. The Hall–Kier alpha value is -1.03. The van der Waals surface area contributed by atoms with Gasteiger partial charge in [-0.2, -0.15) is 0 Å². The average molecular weight is 195 g/mol. The number of hydrogen-bond acceptors (Lipinski definition) is 4. The molecule has 2 rings (SSSR count). The first-order chi connectivity index (χ1) is 6.72. The lowest BCUT2D eigenvalue weighted by molar-refractivity contribution is -0.0536. The van der Waals surface area contributed by atoms with E-state index >= 15 is 0 Å². The van der Waals surface area contributed by atoms with Gasteiger partial charge in [0.05, 0.1) is 18.2 Å². The van der Waals surface area contributed by atoms with Crippen molar-refractivity contribution in [3.8, 4) is 0 Å². The van der Waals surface area contributed by atoms with Gasteiger partial charge >= 0.3 is 0 Å². The molecule has 0 aromatic heterocycles. The van der Waals surface area contributed by atoms with Crippen LogP contribution in [0.3, 0.4) is 0 Å². The van der Waals surface area contributed by atoms with E-state index in [0.29, 0.717) is 12.1 Å². The summed E-state index contributed by atoms with van der Waals surface area (Å²) in [6, 6.07) is 0. The van der Waals surface area contributed by atoms with Gasteiger partial charge in [-0.05, 0) is 12.8 Å². The zero-order valence-electron chi connectivity index (χ0n) is 8.57. The minimum atomic E-state index is 0.138. The van der Waals surface area contributed by atoms with Gasteiger partial charge in [0.2, 0.25) is 0 Å². The minimum Gasteiger partial charge on any atom is -0.381 e. The number of guanidine groups is 1. The summed E-state index contributed by atoms with van der Waals surface area (Å²) in [5.41, 5.74) is 5.96. The zero-order chi connectivity index (χ0) is 10.2. The molecule has 14 heavy (non-hydrogen) atoms. The van der Waals surface area contributed by atoms with E-state index < -0.39 is 0 Å². The van der Waals surface area contributed by atoms with Crippen molar-refractivity contribution in [2.24, 2.45) is 10.7 Å². The highest BCUT2D eigenvalue weighted by Gasteiger charge is 2.51. The first kappa shape index (κ1) is 9.52. The van der Waals surface area contributed by atoms with E-state index in [0.717, 1.165) is 25.9 Å². The molecular formula is C10H17N3O. The summed E-state index contributed by atoms with van der Waals surface area (Å²) in [6.07, 6.45) is 4.31. The molecule has 1 saturated carbocycles. The minimum absolute atomic E-state index is 0.138. The molecule has 0 radical (unpaired) electrons. The van der Waals surface area contributed by atoms with E-state index in [4.69, 9.17) is 10.5 Å². The summed E-state index contributed by atoms with van der Waals surface area (Å²) in [5, 5.41) is 0. The predicted molar refractivity (Wildman–Crippen MR) is 56.2 cm³/mol. The normalized spacial score (nSPS) is 35.6. The molecule has 1 aliphatic heterocycles. The highest BCUT2D eigenvalue weighted by Crippen LogP contribution is 2.42. The van der Waals surface area contributed by atoms with Gasteiger partial charge < -0.3 is 15.4 Å². The Morgan fingerprint density at radius 2 is 2.50 bits per heavy atom. The first-order valence-corrected chi connectivity index (χ1v) is 4.93. The summed E-state index contributed by atoms with van der Waals surface area (Å²) in [6.45, 7) is 5.33. The van der Waals surface area contributed by atoms with Crippen molar-refractivity contribution in [2.45, 2.75) is 24.5 Å². The van der Waals surface area contributed by atoms with Gasteiger partial charge in [-0.25, -0.2) is 0 Å². The maximum absolute atomic E-state index is 5.82. The van der Waals surface area contributed by atoms with Crippen molar-refractivity contribution >= 4 is 5.96 Å². The van der Waals surface area contributed by atoms with Crippen LogP contribution < -0.4 is 5.73 Å². The van der Waals surface area contributed by atoms with Crippen molar-refractivity contribution in [2.75, 3.05) is 20.2 Å². The highest BCUT2D eigenvalue weighted by molar-refractivity contribution is 5.81. The molecule has 1 heterocycles. The summed E-state index contributed by atoms with van der Waals surface area (Å²) in [7, 11) is 1.76. The van der Waals surface area contributed by atoms with Crippen LogP contribution in [-0.2, 0) is 4.74 Å². The van der Waals surface area contributed by atoms with E-state index in [1.165, 1.54) is 0 Å². The van der Waals surface area contributed by atoms with Crippen LogP contribution in [0.15, 0.2) is 17.6 Å². The van der Waals surface area contributed by atoms with Crippen LogP contribution in [0.4, 0.5) is 0 Å². The number of rotatable bonds is 3. The average Bonchev–Trinajstić information content (AvgIpc) is 2.43. The zero-order valence-corrected chi connectivity index (χ0v) is 8.57. The lowest BCUT2D eigenvalue weighted by Crippen LogP contribution is -2.61. The lowest BCUT2D eigenvalue weighted by atomic mass is 9.73. The molecule has 0 atom stereocenters. The Labute approximate surface area is 84.4 Å². The van der Waals surface area contributed by atoms with E-state index in [9.17, 15) is 0 Å². The van der Waals surface area contributed by atoms with Crippen LogP contribution in [0.25, 0.3) is 0 Å². The van der Waals surface area contributed by atoms with E-state index in [2.05, 4.69) is 16.5 Å². The molecule has 0 aromatic carbocycles. The van der Waals surface area contributed by atoms with E-state index in [1.54, 1.807) is 7.11 Å². The molecule has 78 valence electrons. The van der Waals surface area contributed by atoms with Crippen molar-refractivity contribution in [1.29, 1.82) is 0 Å². The number of nitrogens with two attached hydrogens (primary N) is 1. The van der Waals surface area contributed by atoms with E-state index in [1.807, 2.05) is 6.08 Å². The number of nitrogens with zero attached hydrogens (tertiary/aromatic N) is 2. The molecule has 0 bridgehead atoms. The Bertz CT molecular complexity index is 269. The summed E-state index contributed by atoms with van der Waals surface area (Å²) in [5.74, 6) is 0.652. The van der Waals surface area contributed by atoms with Crippen LogP contribution in [0.1, 0.15) is 12.8 Å². The maximum atomic E-state index is 5.82. The van der Waals surface area contributed by atoms with Crippen LogP contribution in [0, 0.1) is 0 Å². The van der Waals surface area contributed by atoms with Gasteiger partial charge in [0.1, 0.15) is 0 Å². The third kappa shape index (κ3) is 1.21. The fourth-order valence-corrected chi connectivity index (χ4v) is 2.36. The third-order valence-electron chi connectivity index (χ3n) is 3.24. The molecule has 0 saturated heterocycles. The maximum Gasteiger partial charge on any atom is 0.192 e. The van der Waals surface area contributed by atoms with Gasteiger partial charge in [0, 0.05) is 13.7 Å². The predicted octanol–water partition coefficient (Wildman–Crippen LogP) is 0.350. The summed E-state index contributed by atoms with van der Waals surface area (Å²) in [4.78, 5) is 6.45. The summed E-state index contributed by atoms with van der Waals surface area (Å²) < 4.78 is 5.29. The number of methoxy groups -OCH3 is 1. The van der Waals surface area contributed by atoms with Crippen molar-refractivity contribution in [1.82, 2.24) is 4.90 Å². The molecule has 1 aliphatic carbocycles. The van der Waals surface area contributed by atoms with Gasteiger partial charge in [0.25, 0.3) is 0 Å². The van der Waals surface area contributed by atoms with Crippen LogP contribution in [0.5, 0.6) is 0 Å². The van der Waals surface area contributed by atoms with Crippen LogP contribution in [-0.4, -0.2) is 42.7 Å². The van der Waals surface area contributed by atoms with Gasteiger partial charge in [-0.1, -0.05) is 6.08 Å². The monoisotopic (exact) mass is 195 g/mol. The van der Waals surface area contributed by atoms with E-state index in [-0.39, 0.29) is 5.54 Å². The molecule has 1 spiro atoms. The van der Waals surface area contributed by atoms with Gasteiger partial charge in [0.15, 0.2) is 5.96 Å².